The van der Waals surface area contributed by atoms with Gasteiger partial charge in [0.25, 0.3) is 0 Å². The molecule has 8 heteroatoms. The van der Waals surface area contributed by atoms with Crippen molar-refractivity contribution in [3.05, 3.63) is 16.0 Å². The van der Waals surface area contributed by atoms with Crippen LogP contribution in [0.1, 0.15) is 10.4 Å². The molecule has 0 aliphatic rings. The first-order valence-corrected chi connectivity index (χ1v) is 5.41. The molecule has 0 amide bonds. The van der Waals surface area contributed by atoms with Crippen molar-refractivity contribution in [1.29, 1.82) is 0 Å². The second-order valence-electron chi connectivity index (χ2n) is 2.01. The SMILES string of the molecule is O=C(O)c1cc(Cl)sc1S(=O)(=O)[O-]. The van der Waals surface area contributed by atoms with Crippen LogP contribution in [0, 0.1) is 0 Å². The van der Waals surface area contributed by atoms with E-state index in [1.807, 2.05) is 0 Å². The zero-order chi connectivity index (χ0) is 10.2. The number of hydrogen-bond donors (Lipinski definition) is 1. The summed E-state index contributed by atoms with van der Waals surface area (Å²) < 4.78 is 30.7. The van der Waals surface area contributed by atoms with Gasteiger partial charge in [0, 0.05) is 0 Å². The Morgan fingerprint density at radius 1 is 1.62 bits per heavy atom. The Kier molecular flexibility index (Phi) is 2.62. The zero-order valence-corrected chi connectivity index (χ0v) is 8.24. The summed E-state index contributed by atoms with van der Waals surface area (Å²) in [5, 5.41) is 8.49. The molecule has 0 radical (unpaired) electrons. The number of aromatic carboxylic acids is 1. The minimum Gasteiger partial charge on any atom is -0.743 e. The van der Waals surface area contributed by atoms with Crippen LogP contribution in [0.25, 0.3) is 0 Å². The van der Waals surface area contributed by atoms with Crippen LogP contribution >= 0.6 is 22.9 Å². The Morgan fingerprint density at radius 3 is 2.46 bits per heavy atom. The van der Waals surface area contributed by atoms with Gasteiger partial charge < -0.3 is 9.66 Å². The van der Waals surface area contributed by atoms with Crippen LogP contribution < -0.4 is 0 Å². The Labute approximate surface area is 82.3 Å². The third-order valence-corrected chi connectivity index (χ3v) is 3.72. The molecule has 0 spiro atoms. The summed E-state index contributed by atoms with van der Waals surface area (Å²) in [6.45, 7) is 0. The molecule has 5 nitrogen and oxygen atoms in total. The summed E-state index contributed by atoms with van der Waals surface area (Å²) in [7, 11) is -4.75. The molecule has 0 aliphatic heterocycles. The molecule has 1 aromatic heterocycles. The topological polar surface area (TPSA) is 94.5 Å². The summed E-state index contributed by atoms with van der Waals surface area (Å²) in [5.74, 6) is -1.49. The van der Waals surface area contributed by atoms with Crippen LogP contribution in [-0.4, -0.2) is 24.0 Å². The quantitative estimate of drug-likeness (QED) is 0.780. The number of thiophene rings is 1. The molecule has 13 heavy (non-hydrogen) atoms. The molecule has 0 atom stereocenters. The van der Waals surface area contributed by atoms with Gasteiger partial charge >= 0.3 is 5.97 Å². The van der Waals surface area contributed by atoms with Gasteiger partial charge in [-0.15, -0.1) is 11.3 Å². The number of halogens is 1. The lowest BCUT2D eigenvalue weighted by molar-refractivity contribution is 0.0693. The van der Waals surface area contributed by atoms with Crippen molar-refractivity contribution in [1.82, 2.24) is 0 Å². The van der Waals surface area contributed by atoms with E-state index in [0.29, 0.717) is 11.3 Å². The molecule has 1 N–H and O–H groups in total. The molecule has 0 aliphatic carbocycles. The number of hydrogen-bond acceptors (Lipinski definition) is 5. The largest absolute Gasteiger partial charge is 0.743 e. The van der Waals surface area contributed by atoms with E-state index in [2.05, 4.69) is 0 Å². The highest BCUT2D eigenvalue weighted by Gasteiger charge is 2.18. The molecular weight excluding hydrogens is 240 g/mol. The van der Waals surface area contributed by atoms with E-state index >= 15 is 0 Å². The second kappa shape index (κ2) is 3.26. The van der Waals surface area contributed by atoms with Crippen LogP contribution in [0.15, 0.2) is 10.3 Å². The van der Waals surface area contributed by atoms with Crippen LogP contribution in [-0.2, 0) is 10.1 Å². The average Bonchev–Trinajstić information content (AvgIpc) is 2.29. The van der Waals surface area contributed by atoms with Crippen molar-refractivity contribution >= 4 is 39.0 Å². The molecule has 1 rings (SSSR count). The van der Waals surface area contributed by atoms with Crippen molar-refractivity contribution in [2.75, 3.05) is 0 Å². The van der Waals surface area contributed by atoms with Gasteiger partial charge in [-0.2, -0.15) is 0 Å². The van der Waals surface area contributed by atoms with Crippen LogP contribution in [0.4, 0.5) is 0 Å². The van der Waals surface area contributed by atoms with Gasteiger partial charge in [-0.1, -0.05) is 11.6 Å². The number of rotatable bonds is 2. The highest BCUT2D eigenvalue weighted by molar-refractivity contribution is 7.88. The molecule has 1 aromatic rings. The normalized spacial score (nSPS) is 11.5. The van der Waals surface area contributed by atoms with E-state index < -0.39 is 25.9 Å². The minimum absolute atomic E-state index is 0.0492. The highest BCUT2D eigenvalue weighted by Crippen LogP contribution is 2.30. The van der Waals surface area contributed by atoms with Crippen LogP contribution in [0.2, 0.25) is 4.34 Å². The summed E-state index contributed by atoms with van der Waals surface area (Å²) in [6.07, 6.45) is 0. The van der Waals surface area contributed by atoms with Gasteiger partial charge in [0.05, 0.1) is 9.90 Å². The maximum absolute atomic E-state index is 10.5. The lowest BCUT2D eigenvalue weighted by Crippen LogP contribution is -2.04. The van der Waals surface area contributed by atoms with E-state index in [9.17, 15) is 17.8 Å². The fourth-order valence-electron chi connectivity index (χ4n) is 0.680. The molecule has 0 unspecified atom stereocenters. The smallest absolute Gasteiger partial charge is 0.337 e. The molecule has 0 aromatic carbocycles. The molecule has 1 heterocycles. The van der Waals surface area contributed by atoms with Crippen molar-refractivity contribution in [2.24, 2.45) is 0 Å². The van der Waals surface area contributed by atoms with Crippen molar-refractivity contribution in [3.8, 4) is 0 Å². The van der Waals surface area contributed by atoms with Crippen LogP contribution in [0.5, 0.6) is 0 Å². The van der Waals surface area contributed by atoms with Gasteiger partial charge in [-0.25, -0.2) is 13.2 Å². The first-order valence-electron chi connectivity index (χ1n) is 2.81. The second-order valence-corrected chi connectivity index (χ2v) is 5.27. The van der Waals surface area contributed by atoms with E-state index in [0.717, 1.165) is 6.07 Å². The maximum atomic E-state index is 10.5. The lowest BCUT2D eigenvalue weighted by Gasteiger charge is -2.03. The third-order valence-electron chi connectivity index (χ3n) is 1.13. The predicted octanol–water partition coefficient (Wildman–Crippen LogP) is 1.00. The zero-order valence-electron chi connectivity index (χ0n) is 5.85. The number of carboxylic acids is 1. The maximum Gasteiger partial charge on any atom is 0.337 e. The molecule has 72 valence electrons. The van der Waals surface area contributed by atoms with Crippen molar-refractivity contribution in [3.63, 3.8) is 0 Å². The molecule has 0 saturated heterocycles. The van der Waals surface area contributed by atoms with Gasteiger partial charge in [-0.05, 0) is 6.07 Å². The third kappa shape index (κ3) is 2.19. The molecule has 0 bridgehead atoms. The van der Waals surface area contributed by atoms with E-state index in [4.69, 9.17) is 16.7 Å². The fraction of sp³-hybridized carbons (Fsp3) is 0. The number of carbonyl (C=O) groups is 1. The summed E-state index contributed by atoms with van der Waals surface area (Å²) >= 11 is 5.80. The first-order chi connectivity index (χ1) is 5.82. The molecular formula is C5H2ClO5S2-. The highest BCUT2D eigenvalue weighted by atomic mass is 35.5. The Bertz CT molecular complexity index is 445. The summed E-state index contributed by atoms with van der Waals surface area (Å²) in [5.41, 5.74) is -0.579. The Balaban J connectivity index is 3.46. The fourth-order valence-corrected chi connectivity index (χ4v) is 2.86. The summed E-state index contributed by atoms with van der Waals surface area (Å²) in [6, 6.07) is 0.930. The van der Waals surface area contributed by atoms with Gasteiger partial charge in [0.15, 0.2) is 0 Å². The van der Waals surface area contributed by atoms with E-state index in [1.54, 1.807) is 0 Å². The van der Waals surface area contributed by atoms with E-state index in [-0.39, 0.29) is 4.34 Å². The Hall–Kier alpha value is -0.630. The van der Waals surface area contributed by atoms with E-state index in [1.165, 1.54) is 0 Å². The summed E-state index contributed by atoms with van der Waals surface area (Å²) in [4.78, 5) is 10.4. The van der Waals surface area contributed by atoms with Gasteiger partial charge in [0.2, 0.25) is 0 Å². The molecule has 0 fully saturated rings. The Morgan fingerprint density at radius 2 is 2.15 bits per heavy atom. The minimum atomic E-state index is -4.75. The van der Waals surface area contributed by atoms with Crippen molar-refractivity contribution in [2.45, 2.75) is 4.21 Å². The monoisotopic (exact) mass is 241 g/mol. The standard InChI is InChI=1S/C5H3ClO5S2/c6-3-1-2(4(7)8)5(12-3)13(9,10)11/h1H,(H,7,8)(H,9,10,11)/p-1. The predicted molar refractivity (Wildman–Crippen MR) is 44.3 cm³/mol. The van der Waals surface area contributed by atoms with Crippen molar-refractivity contribution < 1.29 is 22.9 Å². The molecule has 0 saturated carbocycles. The van der Waals surface area contributed by atoms with Gasteiger partial charge in [-0.3, -0.25) is 0 Å². The number of carboxylic acid groups (broad SMARTS) is 1. The van der Waals surface area contributed by atoms with Gasteiger partial charge in [0.1, 0.15) is 14.3 Å². The first kappa shape index (κ1) is 10.5. The lowest BCUT2D eigenvalue weighted by atomic mass is 10.3. The average molecular weight is 242 g/mol. The van der Waals surface area contributed by atoms with Crippen LogP contribution in [0.3, 0.4) is 0 Å².